The number of hydrogen-bond acceptors (Lipinski definition) is 3. The Balaban J connectivity index is 2.08. The average molecular weight is 230 g/mol. The van der Waals surface area contributed by atoms with Crippen molar-refractivity contribution in [3.05, 3.63) is 53.7 Å². The van der Waals surface area contributed by atoms with Crippen molar-refractivity contribution < 1.29 is 9.21 Å². The third-order valence-electron chi connectivity index (χ3n) is 2.58. The fraction of sp³-hybridized carbons (Fsp3) is 0.231. The van der Waals surface area contributed by atoms with Crippen LogP contribution in [0.4, 0.5) is 0 Å². The number of hydrogen-bond donors (Lipinski definition) is 1. The lowest BCUT2D eigenvalue weighted by molar-refractivity contribution is 0.0937. The van der Waals surface area contributed by atoms with E-state index in [9.17, 15) is 4.79 Å². The van der Waals surface area contributed by atoms with Crippen molar-refractivity contribution in [1.82, 2.24) is 10.3 Å². The second-order valence-electron chi connectivity index (χ2n) is 3.84. The van der Waals surface area contributed by atoms with Crippen LogP contribution in [0.5, 0.6) is 0 Å². The summed E-state index contributed by atoms with van der Waals surface area (Å²) in [5, 5.41) is 2.88. The van der Waals surface area contributed by atoms with Gasteiger partial charge in [-0.05, 0) is 32.0 Å². The minimum atomic E-state index is -0.144. The molecule has 2 heterocycles. The number of nitrogens with zero attached hydrogens (tertiary/aromatic N) is 1. The smallest absolute Gasteiger partial charge is 0.255 e. The summed E-state index contributed by atoms with van der Waals surface area (Å²) in [5.74, 6) is 0.477. The lowest BCUT2D eigenvalue weighted by Crippen LogP contribution is -2.27. The number of carbonyl (C=O) groups is 1. The van der Waals surface area contributed by atoms with Crippen molar-refractivity contribution in [3.8, 4) is 0 Å². The van der Waals surface area contributed by atoms with E-state index in [0.717, 1.165) is 5.69 Å². The molecule has 0 spiro atoms. The first-order valence-electron chi connectivity index (χ1n) is 5.44. The molecule has 88 valence electrons. The largest absolute Gasteiger partial charge is 0.469 e. The van der Waals surface area contributed by atoms with E-state index in [4.69, 9.17) is 4.42 Å². The monoisotopic (exact) mass is 230 g/mol. The molecule has 2 aromatic rings. The number of aryl methyl sites for hydroxylation is 1. The third kappa shape index (κ3) is 2.53. The summed E-state index contributed by atoms with van der Waals surface area (Å²) < 4.78 is 5.10. The highest BCUT2D eigenvalue weighted by Gasteiger charge is 2.15. The van der Waals surface area contributed by atoms with Gasteiger partial charge in [0.05, 0.1) is 23.6 Å². The summed E-state index contributed by atoms with van der Waals surface area (Å²) in [4.78, 5) is 16.1. The molecule has 0 aliphatic heterocycles. The van der Waals surface area contributed by atoms with Gasteiger partial charge >= 0.3 is 0 Å². The standard InChI is InChI=1S/C13H14N2O2/c1-9(12-5-3-4-7-14-12)15-13(16)11-6-8-17-10(11)2/h3-9H,1-2H3,(H,15,16). The summed E-state index contributed by atoms with van der Waals surface area (Å²) in [6.07, 6.45) is 3.22. The Kier molecular flexibility index (Phi) is 3.23. The van der Waals surface area contributed by atoms with Crippen molar-refractivity contribution in [1.29, 1.82) is 0 Å². The minimum Gasteiger partial charge on any atom is -0.469 e. The number of amides is 1. The van der Waals surface area contributed by atoms with Gasteiger partial charge in [0.25, 0.3) is 5.91 Å². The predicted octanol–water partition coefficient (Wildman–Crippen LogP) is 2.47. The van der Waals surface area contributed by atoms with Gasteiger partial charge in [0.1, 0.15) is 5.76 Å². The van der Waals surface area contributed by atoms with Crippen molar-refractivity contribution in [3.63, 3.8) is 0 Å². The highest BCUT2D eigenvalue weighted by atomic mass is 16.3. The van der Waals surface area contributed by atoms with Crippen LogP contribution in [-0.2, 0) is 0 Å². The van der Waals surface area contributed by atoms with Gasteiger partial charge in [-0.2, -0.15) is 0 Å². The van der Waals surface area contributed by atoms with Crippen LogP contribution in [0.1, 0.15) is 34.8 Å². The van der Waals surface area contributed by atoms with Crippen molar-refractivity contribution in [2.24, 2.45) is 0 Å². The zero-order valence-electron chi connectivity index (χ0n) is 9.81. The van der Waals surface area contributed by atoms with E-state index in [-0.39, 0.29) is 11.9 Å². The molecule has 2 aromatic heterocycles. The Labute approximate surface area is 99.7 Å². The van der Waals surface area contributed by atoms with Gasteiger partial charge in [-0.3, -0.25) is 9.78 Å². The van der Waals surface area contributed by atoms with E-state index < -0.39 is 0 Å². The van der Waals surface area contributed by atoms with E-state index in [1.165, 1.54) is 6.26 Å². The van der Waals surface area contributed by atoms with Crippen LogP contribution in [0.2, 0.25) is 0 Å². The lowest BCUT2D eigenvalue weighted by atomic mass is 10.2. The molecule has 0 aromatic carbocycles. The van der Waals surface area contributed by atoms with Crippen LogP contribution in [0.3, 0.4) is 0 Å². The number of nitrogens with one attached hydrogen (secondary N) is 1. The number of furan rings is 1. The van der Waals surface area contributed by atoms with E-state index in [1.54, 1.807) is 19.2 Å². The molecule has 0 saturated heterocycles. The Morgan fingerprint density at radius 1 is 1.41 bits per heavy atom. The maximum Gasteiger partial charge on any atom is 0.255 e. The normalized spacial score (nSPS) is 12.1. The maximum atomic E-state index is 11.9. The van der Waals surface area contributed by atoms with E-state index in [2.05, 4.69) is 10.3 Å². The van der Waals surface area contributed by atoms with Gasteiger partial charge in [0.2, 0.25) is 0 Å². The van der Waals surface area contributed by atoms with Gasteiger partial charge in [-0.15, -0.1) is 0 Å². The van der Waals surface area contributed by atoms with Crippen molar-refractivity contribution in [2.75, 3.05) is 0 Å². The Bertz CT molecular complexity index is 505. The van der Waals surface area contributed by atoms with Gasteiger partial charge < -0.3 is 9.73 Å². The van der Waals surface area contributed by atoms with Crippen LogP contribution in [0.25, 0.3) is 0 Å². The molecule has 4 nitrogen and oxygen atoms in total. The first-order chi connectivity index (χ1) is 8.18. The Morgan fingerprint density at radius 3 is 2.82 bits per heavy atom. The van der Waals surface area contributed by atoms with Crippen LogP contribution >= 0.6 is 0 Å². The molecule has 0 aliphatic carbocycles. The van der Waals surface area contributed by atoms with Gasteiger partial charge in [-0.1, -0.05) is 6.07 Å². The highest BCUT2D eigenvalue weighted by Crippen LogP contribution is 2.12. The van der Waals surface area contributed by atoms with E-state index in [1.807, 2.05) is 25.1 Å². The summed E-state index contributed by atoms with van der Waals surface area (Å²) in [5.41, 5.74) is 1.40. The zero-order chi connectivity index (χ0) is 12.3. The maximum absolute atomic E-state index is 11.9. The molecule has 1 unspecified atom stereocenters. The number of carbonyl (C=O) groups excluding carboxylic acids is 1. The molecule has 1 atom stereocenters. The average Bonchev–Trinajstić information content (AvgIpc) is 2.76. The third-order valence-corrected chi connectivity index (χ3v) is 2.58. The minimum absolute atomic E-state index is 0.127. The van der Waals surface area contributed by atoms with Gasteiger partial charge in [-0.25, -0.2) is 0 Å². The van der Waals surface area contributed by atoms with Gasteiger partial charge in [0, 0.05) is 6.20 Å². The summed E-state index contributed by atoms with van der Waals surface area (Å²) in [6.45, 7) is 3.66. The summed E-state index contributed by atoms with van der Waals surface area (Å²) in [7, 11) is 0. The lowest BCUT2D eigenvalue weighted by Gasteiger charge is -2.12. The second kappa shape index (κ2) is 4.82. The first-order valence-corrected chi connectivity index (χ1v) is 5.44. The van der Waals surface area contributed by atoms with E-state index in [0.29, 0.717) is 11.3 Å². The molecule has 1 amide bonds. The number of rotatable bonds is 3. The first kappa shape index (κ1) is 11.4. The second-order valence-corrected chi connectivity index (χ2v) is 3.84. The Morgan fingerprint density at radius 2 is 2.24 bits per heavy atom. The zero-order valence-corrected chi connectivity index (χ0v) is 9.81. The van der Waals surface area contributed by atoms with Crippen molar-refractivity contribution in [2.45, 2.75) is 19.9 Å². The number of aromatic nitrogens is 1. The molecule has 1 N–H and O–H groups in total. The summed E-state index contributed by atoms with van der Waals surface area (Å²) in [6, 6.07) is 7.16. The Hall–Kier alpha value is -2.10. The van der Waals surface area contributed by atoms with Gasteiger partial charge in [0.15, 0.2) is 0 Å². The molecular weight excluding hydrogens is 216 g/mol. The highest BCUT2D eigenvalue weighted by molar-refractivity contribution is 5.95. The fourth-order valence-electron chi connectivity index (χ4n) is 1.60. The molecule has 17 heavy (non-hydrogen) atoms. The molecule has 0 fully saturated rings. The van der Waals surface area contributed by atoms with E-state index >= 15 is 0 Å². The topological polar surface area (TPSA) is 55.1 Å². The molecular formula is C13H14N2O2. The van der Waals surface area contributed by atoms with Crippen LogP contribution in [0, 0.1) is 6.92 Å². The fourth-order valence-corrected chi connectivity index (χ4v) is 1.60. The SMILES string of the molecule is Cc1occc1C(=O)NC(C)c1ccccn1. The molecule has 0 bridgehead atoms. The molecule has 2 rings (SSSR count). The molecule has 0 radical (unpaired) electrons. The quantitative estimate of drug-likeness (QED) is 0.881. The molecule has 0 aliphatic rings. The predicted molar refractivity (Wildman–Crippen MR) is 63.6 cm³/mol. The van der Waals surface area contributed by atoms with Crippen LogP contribution in [-0.4, -0.2) is 10.9 Å². The van der Waals surface area contributed by atoms with Crippen LogP contribution in [0.15, 0.2) is 41.1 Å². The number of pyridine rings is 1. The van der Waals surface area contributed by atoms with Crippen molar-refractivity contribution >= 4 is 5.91 Å². The molecule has 0 saturated carbocycles. The summed E-state index contributed by atoms with van der Waals surface area (Å²) >= 11 is 0. The molecule has 4 heteroatoms. The van der Waals surface area contributed by atoms with Crippen LogP contribution < -0.4 is 5.32 Å².